The van der Waals surface area contributed by atoms with Gasteiger partial charge in [0.2, 0.25) is 0 Å². The normalized spacial score (nSPS) is 12.6. The molecular weight excluding hydrogens is 229 g/mol. The molecule has 1 atom stereocenters. The zero-order valence-electron chi connectivity index (χ0n) is 10.7. The molecule has 2 rings (SSSR count). The van der Waals surface area contributed by atoms with E-state index in [0.29, 0.717) is 17.4 Å². The Labute approximate surface area is 107 Å². The fourth-order valence-electron chi connectivity index (χ4n) is 2.02. The Morgan fingerprint density at radius 1 is 1.22 bits per heavy atom. The molecule has 0 aliphatic carbocycles. The third-order valence-corrected chi connectivity index (χ3v) is 2.86. The van der Waals surface area contributed by atoms with Gasteiger partial charge >= 0.3 is 0 Å². The van der Waals surface area contributed by atoms with Gasteiger partial charge in [-0.25, -0.2) is 4.39 Å². The average molecular weight is 247 g/mol. The predicted molar refractivity (Wildman–Crippen MR) is 70.9 cm³/mol. The number of rotatable bonds is 5. The second kappa shape index (κ2) is 5.83. The van der Waals surface area contributed by atoms with E-state index in [1.54, 1.807) is 12.1 Å². The minimum absolute atomic E-state index is 0.252. The molecule has 3 heteroatoms. The molecule has 1 aromatic carbocycles. The average Bonchev–Trinajstić information content (AvgIpc) is 2.78. The molecule has 1 heterocycles. The molecule has 2 nitrogen and oxygen atoms in total. The SMILES string of the molecule is CCNC(C)Cc1ccc(-c2ccccc2F)o1. The standard InChI is InChI=1S/C15H18FNO/c1-3-17-11(2)10-12-8-9-15(18-12)13-6-4-5-7-14(13)16/h4-9,11,17H,3,10H2,1-2H3. The van der Waals surface area contributed by atoms with Crippen molar-refractivity contribution in [3.05, 3.63) is 48.0 Å². The Morgan fingerprint density at radius 3 is 2.72 bits per heavy atom. The second-order valence-corrected chi connectivity index (χ2v) is 4.41. The summed E-state index contributed by atoms with van der Waals surface area (Å²) in [5.41, 5.74) is 0.514. The van der Waals surface area contributed by atoms with E-state index in [0.717, 1.165) is 18.7 Å². The van der Waals surface area contributed by atoms with Gasteiger partial charge in [-0.05, 0) is 37.7 Å². The van der Waals surface area contributed by atoms with Crippen LogP contribution < -0.4 is 5.32 Å². The molecule has 1 N–H and O–H groups in total. The lowest BCUT2D eigenvalue weighted by Gasteiger charge is -2.09. The highest BCUT2D eigenvalue weighted by atomic mass is 19.1. The predicted octanol–water partition coefficient (Wildman–Crippen LogP) is 3.63. The maximum Gasteiger partial charge on any atom is 0.137 e. The zero-order valence-corrected chi connectivity index (χ0v) is 10.7. The smallest absolute Gasteiger partial charge is 0.137 e. The van der Waals surface area contributed by atoms with Crippen molar-refractivity contribution in [1.82, 2.24) is 5.32 Å². The second-order valence-electron chi connectivity index (χ2n) is 4.41. The van der Waals surface area contributed by atoms with E-state index in [4.69, 9.17) is 4.42 Å². The number of hydrogen-bond donors (Lipinski definition) is 1. The summed E-state index contributed by atoms with van der Waals surface area (Å²) >= 11 is 0. The minimum Gasteiger partial charge on any atom is -0.461 e. The molecule has 1 unspecified atom stereocenters. The quantitative estimate of drug-likeness (QED) is 0.872. The summed E-state index contributed by atoms with van der Waals surface area (Å²) in [7, 11) is 0. The Morgan fingerprint density at radius 2 is 2.00 bits per heavy atom. The fraction of sp³-hybridized carbons (Fsp3) is 0.333. The third-order valence-electron chi connectivity index (χ3n) is 2.86. The van der Waals surface area contributed by atoms with E-state index in [2.05, 4.69) is 19.2 Å². The van der Waals surface area contributed by atoms with Crippen molar-refractivity contribution >= 4 is 0 Å². The van der Waals surface area contributed by atoms with Crippen molar-refractivity contribution in [1.29, 1.82) is 0 Å². The van der Waals surface area contributed by atoms with Crippen LogP contribution in [0.1, 0.15) is 19.6 Å². The van der Waals surface area contributed by atoms with Gasteiger partial charge in [0.05, 0.1) is 5.56 Å². The lowest BCUT2D eigenvalue weighted by atomic mass is 10.1. The van der Waals surface area contributed by atoms with E-state index < -0.39 is 0 Å². The summed E-state index contributed by atoms with van der Waals surface area (Å²) in [6, 6.07) is 10.7. The first-order valence-electron chi connectivity index (χ1n) is 6.27. The molecule has 0 aliphatic heterocycles. The van der Waals surface area contributed by atoms with Crippen molar-refractivity contribution < 1.29 is 8.81 Å². The first-order chi connectivity index (χ1) is 8.70. The van der Waals surface area contributed by atoms with Crippen molar-refractivity contribution in [2.75, 3.05) is 6.54 Å². The largest absolute Gasteiger partial charge is 0.461 e. The van der Waals surface area contributed by atoms with Crippen molar-refractivity contribution in [3.63, 3.8) is 0 Å². The Hall–Kier alpha value is -1.61. The van der Waals surface area contributed by atoms with Crippen molar-refractivity contribution in [2.24, 2.45) is 0 Å². The highest BCUT2D eigenvalue weighted by molar-refractivity contribution is 5.58. The number of likely N-dealkylation sites (N-methyl/N-ethyl adjacent to an activating group) is 1. The molecule has 0 spiro atoms. The Bertz CT molecular complexity index is 507. The molecule has 0 saturated heterocycles. The molecule has 2 aromatic rings. The van der Waals surface area contributed by atoms with Crippen LogP contribution >= 0.6 is 0 Å². The van der Waals surface area contributed by atoms with E-state index in [9.17, 15) is 4.39 Å². The van der Waals surface area contributed by atoms with Crippen LogP contribution in [0.4, 0.5) is 4.39 Å². The third kappa shape index (κ3) is 2.99. The summed E-state index contributed by atoms with van der Waals surface area (Å²) in [5.74, 6) is 1.21. The van der Waals surface area contributed by atoms with Crippen molar-refractivity contribution in [3.8, 4) is 11.3 Å². The van der Waals surface area contributed by atoms with Crippen molar-refractivity contribution in [2.45, 2.75) is 26.3 Å². The molecule has 18 heavy (non-hydrogen) atoms. The van der Waals surface area contributed by atoms with Crippen LogP contribution in [0.25, 0.3) is 11.3 Å². The summed E-state index contributed by atoms with van der Waals surface area (Å²) in [5, 5.41) is 3.32. The van der Waals surface area contributed by atoms with Gasteiger partial charge in [-0.1, -0.05) is 19.1 Å². The minimum atomic E-state index is -0.252. The van der Waals surface area contributed by atoms with Gasteiger partial charge < -0.3 is 9.73 Å². The number of hydrogen-bond acceptors (Lipinski definition) is 2. The van der Waals surface area contributed by atoms with E-state index in [-0.39, 0.29) is 5.82 Å². The first-order valence-corrected chi connectivity index (χ1v) is 6.27. The highest BCUT2D eigenvalue weighted by Crippen LogP contribution is 2.25. The summed E-state index contributed by atoms with van der Waals surface area (Å²) < 4.78 is 19.3. The van der Waals surface area contributed by atoms with E-state index in [1.807, 2.05) is 18.2 Å². The zero-order chi connectivity index (χ0) is 13.0. The maximum absolute atomic E-state index is 13.6. The van der Waals surface area contributed by atoms with Crippen LogP contribution in [0.3, 0.4) is 0 Å². The Kier molecular flexibility index (Phi) is 4.15. The first kappa shape index (κ1) is 12.8. The molecule has 0 fully saturated rings. The molecule has 1 aromatic heterocycles. The van der Waals surface area contributed by atoms with Gasteiger partial charge in [0.25, 0.3) is 0 Å². The number of halogens is 1. The summed E-state index contributed by atoms with van der Waals surface area (Å²) in [6.45, 7) is 5.11. The van der Waals surface area contributed by atoms with Crippen LogP contribution in [-0.4, -0.2) is 12.6 Å². The number of furan rings is 1. The molecule has 0 aliphatic rings. The van der Waals surface area contributed by atoms with Crippen LogP contribution in [0.15, 0.2) is 40.8 Å². The monoisotopic (exact) mass is 247 g/mol. The summed E-state index contributed by atoms with van der Waals surface area (Å²) in [4.78, 5) is 0. The van der Waals surface area contributed by atoms with Crippen LogP contribution in [-0.2, 0) is 6.42 Å². The Balaban J connectivity index is 2.13. The highest BCUT2D eigenvalue weighted by Gasteiger charge is 2.10. The summed E-state index contributed by atoms with van der Waals surface area (Å²) in [6.07, 6.45) is 0.808. The maximum atomic E-state index is 13.6. The van der Waals surface area contributed by atoms with Gasteiger partial charge in [0, 0.05) is 12.5 Å². The molecule has 96 valence electrons. The lowest BCUT2D eigenvalue weighted by molar-refractivity contribution is 0.468. The van der Waals surface area contributed by atoms with Gasteiger partial charge in [0.1, 0.15) is 17.3 Å². The van der Waals surface area contributed by atoms with Crippen LogP contribution in [0, 0.1) is 5.82 Å². The van der Waals surface area contributed by atoms with E-state index >= 15 is 0 Å². The van der Waals surface area contributed by atoms with Crippen LogP contribution in [0.2, 0.25) is 0 Å². The van der Waals surface area contributed by atoms with E-state index in [1.165, 1.54) is 6.07 Å². The van der Waals surface area contributed by atoms with Crippen LogP contribution in [0.5, 0.6) is 0 Å². The molecule has 0 radical (unpaired) electrons. The van der Waals surface area contributed by atoms with Gasteiger partial charge in [0.15, 0.2) is 0 Å². The molecule has 0 saturated carbocycles. The van der Waals surface area contributed by atoms with Gasteiger partial charge in [-0.3, -0.25) is 0 Å². The molecule has 0 amide bonds. The van der Waals surface area contributed by atoms with Gasteiger partial charge in [-0.15, -0.1) is 0 Å². The molecular formula is C15H18FNO. The molecule has 0 bridgehead atoms. The number of nitrogens with one attached hydrogen (secondary N) is 1. The van der Waals surface area contributed by atoms with Gasteiger partial charge in [-0.2, -0.15) is 0 Å². The fourth-order valence-corrected chi connectivity index (χ4v) is 2.02. The number of benzene rings is 1. The lowest BCUT2D eigenvalue weighted by Crippen LogP contribution is -2.27. The topological polar surface area (TPSA) is 25.2 Å².